The SMILES string of the molecule is CC(=O)Cn1cc(-c2cccc([C@@]34CC[C@@H](c5cc(-c6c(F)cccc6F)nnc53)C4(C)C)n2)cn1.CC(=O)[C@@H](C)Cn1cc(-c2cccc([C@@]34CC[C@@H](c5cc(-c6c(F)cccc6F)nnc53)C4(C)C)n2)cn1.CCCNC(=O)Cn1cc(-c2cccc([C@@]34CC[C@@H](c5cc(-c6c(F)cccc6F)nnc53)C4(C)C)n2)cn1.Cc1[nH]ncc1-c1cccc([C@@]23CC[C@@H](c4cc(-c5c(F)cccc5F)nnc42)C3(C)C)n1. The number of fused-ring (bicyclic) bond motifs is 20. The maximum absolute atomic E-state index is 14.6. The summed E-state index contributed by atoms with van der Waals surface area (Å²) in [4.78, 5) is 55.7. The molecular formula is C114H107F8N21O3. The molecule has 146 heavy (non-hydrogen) atoms. The third kappa shape index (κ3) is 15.4. The van der Waals surface area contributed by atoms with Gasteiger partial charge in [-0.05, 0) is 267 Å². The van der Waals surface area contributed by atoms with Crippen molar-refractivity contribution < 1.29 is 49.5 Å². The topological polar surface area (TPSA) is 300 Å². The second kappa shape index (κ2) is 36.6. The van der Waals surface area contributed by atoms with Crippen molar-refractivity contribution in [2.24, 2.45) is 27.6 Å². The predicted octanol–water partition coefficient (Wildman–Crippen LogP) is 22.7. The highest BCUT2D eigenvalue weighted by molar-refractivity contribution is 5.79. The first kappa shape index (κ1) is 97.0. The first-order valence-electron chi connectivity index (χ1n) is 49.5. The van der Waals surface area contributed by atoms with Gasteiger partial charge in [0.25, 0.3) is 0 Å². The van der Waals surface area contributed by atoms with Crippen molar-refractivity contribution in [2.45, 2.75) is 213 Å². The van der Waals surface area contributed by atoms with Crippen LogP contribution >= 0.6 is 0 Å². The average molecular weight is 1970 g/mol. The molecule has 4 aromatic carbocycles. The normalized spacial score (nSPS) is 21.6. The molecule has 9 atom stereocenters. The van der Waals surface area contributed by atoms with E-state index in [9.17, 15) is 49.5 Å². The molecule has 12 aromatic heterocycles. The Morgan fingerprint density at radius 3 is 0.966 bits per heavy atom. The summed E-state index contributed by atoms with van der Waals surface area (Å²) in [6, 6.07) is 46.5. The number of nitrogens with zero attached hydrogens (tertiary/aromatic N) is 19. The van der Waals surface area contributed by atoms with Gasteiger partial charge in [0.1, 0.15) is 58.9 Å². The van der Waals surface area contributed by atoms with Crippen molar-refractivity contribution in [3.8, 4) is 90.1 Å². The van der Waals surface area contributed by atoms with Crippen LogP contribution in [0, 0.1) is 81.0 Å². The Hall–Kier alpha value is -15.1. The molecule has 4 saturated carbocycles. The first-order chi connectivity index (χ1) is 69.9. The van der Waals surface area contributed by atoms with Crippen LogP contribution in [0.3, 0.4) is 0 Å². The molecule has 0 spiro atoms. The molecule has 24 rings (SSSR count). The summed E-state index contributed by atoms with van der Waals surface area (Å²) in [5.74, 6) is -4.52. The molecule has 8 aliphatic rings. The van der Waals surface area contributed by atoms with Crippen LogP contribution in [-0.4, -0.2) is 124 Å². The zero-order valence-electron chi connectivity index (χ0n) is 83.0. The molecule has 0 aliphatic heterocycles. The van der Waals surface area contributed by atoms with E-state index in [2.05, 4.69) is 133 Å². The summed E-state index contributed by atoms with van der Waals surface area (Å²) in [6.07, 6.45) is 20.7. The Morgan fingerprint density at radius 2 is 0.671 bits per heavy atom. The van der Waals surface area contributed by atoms with E-state index in [1.807, 2.05) is 130 Å². The molecule has 2 N–H and O–H groups in total. The third-order valence-corrected chi connectivity index (χ3v) is 33.5. The van der Waals surface area contributed by atoms with E-state index >= 15 is 0 Å². The number of benzene rings is 4. The van der Waals surface area contributed by atoms with Crippen LogP contribution in [0.2, 0.25) is 0 Å². The van der Waals surface area contributed by atoms with E-state index < -0.39 is 68.2 Å². The highest BCUT2D eigenvalue weighted by Gasteiger charge is 2.69. The van der Waals surface area contributed by atoms with Gasteiger partial charge >= 0.3 is 0 Å². The van der Waals surface area contributed by atoms with Gasteiger partial charge in [-0.2, -0.15) is 40.8 Å². The fourth-order valence-corrected chi connectivity index (χ4v) is 25.8. The lowest BCUT2D eigenvalue weighted by molar-refractivity contribution is -0.122. The number of aromatic nitrogens is 20. The Labute approximate surface area is 838 Å². The predicted molar refractivity (Wildman–Crippen MR) is 532 cm³/mol. The Kier molecular flexibility index (Phi) is 24.3. The van der Waals surface area contributed by atoms with Crippen LogP contribution in [0.1, 0.15) is 238 Å². The summed E-state index contributed by atoms with van der Waals surface area (Å²) in [5.41, 5.74) is 16.2. The fraction of sp³-hybridized carbons (Fsp3) is 0.342. The van der Waals surface area contributed by atoms with Gasteiger partial charge in [0, 0.05) is 59.0 Å². The van der Waals surface area contributed by atoms with E-state index in [0.29, 0.717) is 13.1 Å². The molecule has 742 valence electrons. The number of hydrogen-bond donors (Lipinski definition) is 2. The van der Waals surface area contributed by atoms with Gasteiger partial charge in [-0.1, -0.05) is 118 Å². The number of halogens is 8. The Morgan fingerprint density at radius 1 is 0.384 bits per heavy atom. The van der Waals surface area contributed by atoms with Crippen LogP contribution in [0.4, 0.5) is 35.1 Å². The Bertz CT molecular complexity index is 7840. The number of hydrogen-bond acceptors (Lipinski definition) is 19. The van der Waals surface area contributed by atoms with Crippen molar-refractivity contribution in [2.75, 3.05) is 6.54 Å². The number of ketones is 2. The van der Waals surface area contributed by atoms with Gasteiger partial charge < -0.3 is 5.32 Å². The number of carbonyl (C=O) groups is 3. The minimum Gasteiger partial charge on any atom is -0.355 e. The molecule has 24 nitrogen and oxygen atoms in total. The maximum atomic E-state index is 14.6. The average Bonchev–Trinajstić information content (AvgIpc) is 1.53. The van der Waals surface area contributed by atoms with E-state index in [4.69, 9.17) is 19.9 Å². The van der Waals surface area contributed by atoms with Gasteiger partial charge in [0.05, 0.1) is 173 Å². The second-order valence-electron chi connectivity index (χ2n) is 42.3. The highest BCUT2D eigenvalue weighted by Crippen LogP contribution is 2.74. The van der Waals surface area contributed by atoms with E-state index in [0.717, 1.165) is 176 Å². The van der Waals surface area contributed by atoms with E-state index in [1.54, 1.807) is 45.8 Å². The van der Waals surface area contributed by atoms with Gasteiger partial charge in [-0.15, -0.1) is 20.4 Å². The molecule has 16 aromatic rings. The molecule has 12 heterocycles. The molecule has 32 heteroatoms. The molecule has 0 unspecified atom stereocenters. The lowest BCUT2D eigenvalue weighted by Crippen LogP contribution is -2.37. The van der Waals surface area contributed by atoms with Crippen LogP contribution in [0.5, 0.6) is 0 Å². The second-order valence-corrected chi connectivity index (χ2v) is 42.3. The molecule has 0 saturated heterocycles. The Balaban J connectivity index is 0.000000115. The molecular weight excluding hydrogens is 1860 g/mol. The first-order valence-corrected chi connectivity index (χ1v) is 49.5. The van der Waals surface area contributed by atoms with Crippen LogP contribution in [-0.2, 0) is 55.7 Å². The minimum absolute atomic E-state index is 0.0276. The number of aryl methyl sites for hydroxylation is 1. The van der Waals surface area contributed by atoms with Gasteiger partial charge in [0.2, 0.25) is 5.91 Å². The van der Waals surface area contributed by atoms with Crippen molar-refractivity contribution in [1.82, 2.24) is 106 Å². The quantitative estimate of drug-likeness (QED) is 0.0632. The standard InChI is InChI=1S/C30H30F2N6O.C30H29F2N5O.C28H25F2N5O.C26H23F2N5/c1-4-13-33-26(39)17-38-16-18(15-34-38)23-9-6-10-25(35-23)30-12-11-20(29(30,2)3)19-14-24(36-37-28(19)30)27-21(31)7-5-8-22(27)32;1-17(18(2)38)15-37-16-19(14-33-37)24-9-6-10-26(34-24)30-12-11-21(29(30,3)4)20-13-25(35-36-28(20)30)27-22(31)7-5-8-23(27)32;1-16(36)14-35-15-17(13-31-35)22-8-5-9-24(32-22)28-11-10-19(27(28,2)3)18-12-23(33-34-26(18)28)25-20(29)6-4-7-21(25)30;1-14-16(13-29-31-14)20-8-5-9-22(30-20)26-11-10-17(25(26,2)3)15-12-21(32-33-24(15)26)23-18(27)6-4-7-19(23)28/h5-10,14-16,20H,4,11-13,17H2,1-3H3,(H,33,39);5-10,13-14,16-17,21H,11-12,15H2,1-4H3;4-9,12-13,15,19H,10-11,14H2,1-3H3;4-9,12-13,17H,10-11H2,1-3H3,(H,29,31)/t20-,30-;17-,21-,30-;19-,28-;17-,26-/m0000/s1. The van der Waals surface area contributed by atoms with Crippen LogP contribution < -0.4 is 5.32 Å². The zero-order valence-corrected chi connectivity index (χ0v) is 83.0. The highest BCUT2D eigenvalue weighted by atomic mass is 19.2. The largest absolute Gasteiger partial charge is 0.355 e. The fourth-order valence-electron chi connectivity index (χ4n) is 25.8. The molecule has 1 amide bonds. The molecule has 4 fully saturated rings. The van der Waals surface area contributed by atoms with Gasteiger partial charge in [-0.3, -0.25) is 53.5 Å². The zero-order chi connectivity index (χ0) is 102. The number of aromatic amines is 1. The summed E-state index contributed by atoms with van der Waals surface area (Å²) in [6.45, 7) is 28.3. The van der Waals surface area contributed by atoms with Gasteiger partial charge in [-0.25, -0.2) is 35.1 Å². The maximum Gasteiger partial charge on any atom is 0.241 e. The van der Waals surface area contributed by atoms with Crippen molar-refractivity contribution >= 4 is 17.5 Å². The van der Waals surface area contributed by atoms with Gasteiger partial charge in [0.15, 0.2) is 5.78 Å². The number of carbonyl (C=O) groups excluding carboxylic acids is 3. The number of rotatable bonds is 21. The van der Waals surface area contributed by atoms with Crippen LogP contribution in [0.15, 0.2) is 213 Å². The lowest BCUT2D eigenvalue weighted by Gasteiger charge is -2.37. The number of nitrogens with one attached hydrogen (secondary N) is 2. The number of amides is 1. The van der Waals surface area contributed by atoms with Crippen molar-refractivity contribution in [3.05, 3.63) is 333 Å². The van der Waals surface area contributed by atoms with Crippen molar-refractivity contribution in [3.63, 3.8) is 0 Å². The van der Waals surface area contributed by atoms with E-state index in [-0.39, 0.29) is 127 Å². The molecule has 0 radical (unpaired) electrons. The lowest BCUT2D eigenvalue weighted by atomic mass is 9.66. The summed E-state index contributed by atoms with van der Waals surface area (Å²) >= 11 is 0. The number of pyridine rings is 4. The number of H-pyrrole nitrogens is 1. The summed E-state index contributed by atoms with van der Waals surface area (Å²) in [5, 5.41) is 58.8. The molecule has 8 bridgehead atoms. The van der Waals surface area contributed by atoms with E-state index in [1.165, 1.54) is 79.7 Å². The minimum atomic E-state index is -0.654. The third-order valence-electron chi connectivity index (χ3n) is 33.5. The monoisotopic (exact) mass is 1970 g/mol. The molecule has 8 aliphatic carbocycles. The van der Waals surface area contributed by atoms with Crippen LogP contribution in [0.25, 0.3) is 90.1 Å². The number of Topliss-reactive ketones (excluding diaryl/α,β-unsaturated/α-hetero) is 2. The smallest absolute Gasteiger partial charge is 0.241 e. The summed E-state index contributed by atoms with van der Waals surface area (Å²) < 4.78 is 121. The summed E-state index contributed by atoms with van der Waals surface area (Å²) in [7, 11) is 0. The van der Waals surface area contributed by atoms with Crippen molar-refractivity contribution in [1.29, 1.82) is 0 Å².